The first-order valence-electron chi connectivity index (χ1n) is 5.35. The van der Waals surface area contributed by atoms with Gasteiger partial charge in [-0.25, -0.2) is 18.6 Å². The van der Waals surface area contributed by atoms with E-state index in [-0.39, 0.29) is 17.2 Å². The molecular weight excluding hydrogens is 276 g/mol. The first kappa shape index (κ1) is 13.6. The van der Waals surface area contributed by atoms with Gasteiger partial charge < -0.3 is 10.0 Å². The number of anilines is 1. The van der Waals surface area contributed by atoms with Crippen molar-refractivity contribution in [2.45, 2.75) is 12.7 Å². The van der Waals surface area contributed by atoms with Gasteiger partial charge in [-0.3, -0.25) is 4.99 Å². The monoisotopic (exact) mass is 287 g/mol. The average Bonchev–Trinajstić information content (AvgIpc) is 2.70. The summed E-state index contributed by atoms with van der Waals surface area (Å²) in [4.78, 5) is 19.5. The SMILES string of the molecule is Cc1nc(C(=O)O)c(N(C)C2(F)C=C(F)C=NC2)s1. The third kappa shape index (κ3) is 2.48. The Balaban J connectivity index is 2.42. The number of hydrogen-bond donors (Lipinski definition) is 1. The minimum atomic E-state index is -2.19. The molecule has 1 aromatic rings. The van der Waals surface area contributed by atoms with Crippen molar-refractivity contribution in [2.75, 3.05) is 18.5 Å². The Hall–Kier alpha value is -1.83. The zero-order chi connectivity index (χ0) is 14.2. The maximum absolute atomic E-state index is 14.6. The van der Waals surface area contributed by atoms with Gasteiger partial charge in [0.05, 0.1) is 17.8 Å². The summed E-state index contributed by atoms with van der Waals surface area (Å²) < 4.78 is 27.8. The maximum Gasteiger partial charge on any atom is 0.357 e. The van der Waals surface area contributed by atoms with Gasteiger partial charge in [0.2, 0.25) is 5.79 Å². The van der Waals surface area contributed by atoms with E-state index in [0.29, 0.717) is 5.01 Å². The number of alkyl halides is 1. The molecule has 0 radical (unpaired) electrons. The number of thiazole rings is 1. The van der Waals surface area contributed by atoms with E-state index in [1.165, 1.54) is 7.05 Å². The molecule has 1 atom stereocenters. The Labute approximate surface area is 111 Å². The second-order valence-corrected chi connectivity index (χ2v) is 5.25. The molecule has 2 rings (SSSR count). The lowest BCUT2D eigenvalue weighted by Crippen LogP contribution is -2.45. The zero-order valence-corrected chi connectivity index (χ0v) is 11.0. The van der Waals surface area contributed by atoms with Crippen molar-refractivity contribution in [1.29, 1.82) is 0 Å². The molecule has 1 N–H and O–H groups in total. The number of rotatable bonds is 3. The molecule has 1 aliphatic heterocycles. The molecule has 1 aromatic heterocycles. The van der Waals surface area contributed by atoms with Crippen LogP contribution in [0.15, 0.2) is 16.9 Å². The van der Waals surface area contributed by atoms with Crippen molar-refractivity contribution < 1.29 is 18.7 Å². The predicted molar refractivity (Wildman–Crippen MR) is 68.6 cm³/mol. The van der Waals surface area contributed by atoms with Crippen molar-refractivity contribution in [3.05, 3.63) is 22.6 Å². The van der Waals surface area contributed by atoms with Gasteiger partial charge in [0.1, 0.15) is 10.8 Å². The molecule has 5 nitrogen and oxygen atoms in total. The Morgan fingerprint density at radius 1 is 1.63 bits per heavy atom. The van der Waals surface area contributed by atoms with Gasteiger partial charge in [-0.1, -0.05) is 0 Å². The molecule has 0 saturated heterocycles. The Kier molecular flexibility index (Phi) is 3.36. The number of aromatic carboxylic acids is 1. The lowest BCUT2D eigenvalue weighted by Gasteiger charge is -2.33. The van der Waals surface area contributed by atoms with Gasteiger partial charge in [-0.15, -0.1) is 11.3 Å². The van der Waals surface area contributed by atoms with E-state index in [2.05, 4.69) is 9.98 Å². The van der Waals surface area contributed by atoms with Crippen molar-refractivity contribution in [3.8, 4) is 0 Å². The van der Waals surface area contributed by atoms with Crippen LogP contribution in [0.25, 0.3) is 0 Å². The van der Waals surface area contributed by atoms with Crippen LogP contribution in [-0.2, 0) is 0 Å². The van der Waals surface area contributed by atoms with Crippen molar-refractivity contribution in [3.63, 3.8) is 0 Å². The van der Waals surface area contributed by atoms with E-state index in [4.69, 9.17) is 5.11 Å². The number of carbonyl (C=O) groups is 1. The fourth-order valence-corrected chi connectivity index (χ4v) is 2.64. The first-order valence-corrected chi connectivity index (χ1v) is 6.17. The van der Waals surface area contributed by atoms with Crippen LogP contribution in [0.4, 0.5) is 13.8 Å². The number of hydrogen-bond acceptors (Lipinski definition) is 5. The molecule has 102 valence electrons. The summed E-state index contributed by atoms with van der Waals surface area (Å²) in [6.07, 6.45) is 1.71. The molecule has 1 unspecified atom stereocenters. The molecule has 1 aliphatic rings. The Morgan fingerprint density at radius 2 is 2.32 bits per heavy atom. The summed E-state index contributed by atoms with van der Waals surface area (Å²) in [5.41, 5.74) is -0.245. The fraction of sp³-hybridized carbons (Fsp3) is 0.364. The van der Waals surface area contributed by atoms with E-state index in [9.17, 15) is 13.6 Å². The van der Waals surface area contributed by atoms with Gasteiger partial charge in [-0.05, 0) is 6.92 Å². The highest BCUT2D eigenvalue weighted by Crippen LogP contribution is 2.35. The van der Waals surface area contributed by atoms with Crippen LogP contribution < -0.4 is 4.90 Å². The molecule has 8 heteroatoms. The Bertz CT molecular complexity index is 584. The van der Waals surface area contributed by atoms with Gasteiger partial charge in [0.15, 0.2) is 5.69 Å². The van der Waals surface area contributed by atoms with Crippen LogP contribution in [0, 0.1) is 6.92 Å². The number of aromatic nitrogens is 1. The van der Waals surface area contributed by atoms with Crippen LogP contribution in [-0.4, -0.2) is 41.7 Å². The van der Waals surface area contributed by atoms with Crippen LogP contribution in [0.3, 0.4) is 0 Å². The molecule has 0 spiro atoms. The molecule has 0 saturated carbocycles. The van der Waals surface area contributed by atoms with Gasteiger partial charge in [0.25, 0.3) is 0 Å². The number of allylic oxidation sites excluding steroid dienone is 1. The van der Waals surface area contributed by atoms with Gasteiger partial charge in [0, 0.05) is 13.1 Å². The summed E-state index contributed by atoms with van der Waals surface area (Å²) in [7, 11) is 1.35. The highest BCUT2D eigenvalue weighted by atomic mass is 32.1. The summed E-state index contributed by atoms with van der Waals surface area (Å²) in [6, 6.07) is 0. The second kappa shape index (κ2) is 4.69. The molecule has 2 heterocycles. The minimum absolute atomic E-state index is 0.133. The highest BCUT2D eigenvalue weighted by molar-refractivity contribution is 7.16. The number of dihydropyridines is 1. The highest BCUT2D eigenvalue weighted by Gasteiger charge is 2.38. The maximum atomic E-state index is 14.6. The van der Waals surface area contributed by atoms with Crippen molar-refractivity contribution >= 4 is 28.5 Å². The van der Waals surface area contributed by atoms with Crippen LogP contribution in [0.5, 0.6) is 0 Å². The molecular formula is C11H11F2N3O2S. The van der Waals surface area contributed by atoms with E-state index in [1.54, 1.807) is 6.92 Å². The largest absolute Gasteiger partial charge is 0.476 e. The number of halogens is 2. The van der Waals surface area contributed by atoms with Gasteiger partial charge in [-0.2, -0.15) is 0 Å². The van der Waals surface area contributed by atoms with E-state index >= 15 is 0 Å². The van der Waals surface area contributed by atoms with Crippen LogP contribution in [0.1, 0.15) is 15.5 Å². The standard InChI is InChI=1S/C11H11F2N3O2S/c1-6-15-8(10(17)18)9(19-6)16(2)11(13)3-7(12)4-14-5-11/h3-4H,5H2,1-2H3,(H,17,18). The average molecular weight is 287 g/mol. The number of carboxylic acids is 1. The zero-order valence-electron chi connectivity index (χ0n) is 10.2. The molecule has 0 aromatic carbocycles. The second-order valence-electron chi connectivity index (χ2n) is 4.07. The summed E-state index contributed by atoms with van der Waals surface area (Å²) >= 11 is 1.03. The van der Waals surface area contributed by atoms with Gasteiger partial charge >= 0.3 is 5.97 Å². The third-order valence-corrected chi connectivity index (χ3v) is 3.71. The summed E-state index contributed by atoms with van der Waals surface area (Å²) in [5.74, 6) is -4.24. The topological polar surface area (TPSA) is 65.8 Å². The smallest absolute Gasteiger partial charge is 0.357 e. The van der Waals surface area contributed by atoms with Crippen LogP contribution in [0.2, 0.25) is 0 Å². The predicted octanol–water partition coefficient (Wildman–Crippen LogP) is 2.19. The van der Waals surface area contributed by atoms with E-state index in [0.717, 1.165) is 28.5 Å². The number of carboxylic acid groups (broad SMARTS) is 1. The number of nitrogens with zero attached hydrogens (tertiary/aromatic N) is 3. The lowest BCUT2D eigenvalue weighted by atomic mass is 10.1. The summed E-state index contributed by atoms with van der Waals surface area (Å²) in [6.45, 7) is 1.32. The molecule has 19 heavy (non-hydrogen) atoms. The lowest BCUT2D eigenvalue weighted by molar-refractivity contribution is 0.0691. The number of likely N-dealkylation sites (N-methyl/N-ethyl adjacent to an activating group) is 1. The Morgan fingerprint density at radius 3 is 2.89 bits per heavy atom. The molecule has 0 fully saturated rings. The van der Waals surface area contributed by atoms with Crippen LogP contribution >= 0.6 is 11.3 Å². The fourth-order valence-electron chi connectivity index (χ4n) is 1.71. The number of aliphatic imine (C=N–C) groups is 1. The van der Waals surface area contributed by atoms with E-state index in [1.807, 2.05) is 0 Å². The normalized spacial score (nSPS) is 22.2. The minimum Gasteiger partial charge on any atom is -0.476 e. The van der Waals surface area contributed by atoms with Crippen molar-refractivity contribution in [2.24, 2.45) is 4.99 Å². The number of aryl methyl sites for hydroxylation is 1. The summed E-state index contributed by atoms with van der Waals surface area (Å²) in [5, 5.41) is 9.66. The quantitative estimate of drug-likeness (QED) is 0.865. The van der Waals surface area contributed by atoms with E-state index < -0.39 is 17.6 Å². The third-order valence-electron chi connectivity index (χ3n) is 2.67. The molecule has 0 aliphatic carbocycles. The van der Waals surface area contributed by atoms with Crippen molar-refractivity contribution in [1.82, 2.24) is 4.98 Å². The molecule has 0 bridgehead atoms. The molecule has 0 amide bonds. The first-order chi connectivity index (χ1) is 8.83.